The number of hydrogen-bond acceptors (Lipinski definition) is 3. The number of halogens is 1. The summed E-state index contributed by atoms with van der Waals surface area (Å²) in [4.78, 5) is 12.8. The van der Waals surface area contributed by atoms with E-state index in [2.05, 4.69) is 28.2 Å². The van der Waals surface area contributed by atoms with E-state index in [0.717, 1.165) is 24.0 Å². The van der Waals surface area contributed by atoms with Gasteiger partial charge in [0.1, 0.15) is 4.90 Å². The predicted molar refractivity (Wildman–Crippen MR) is 132 cm³/mol. The summed E-state index contributed by atoms with van der Waals surface area (Å²) in [6.45, 7) is 3.80. The summed E-state index contributed by atoms with van der Waals surface area (Å²) in [6.07, 6.45) is 4.58. The van der Waals surface area contributed by atoms with Crippen LogP contribution in [0.3, 0.4) is 0 Å². The van der Waals surface area contributed by atoms with E-state index in [-0.39, 0.29) is 27.4 Å². The van der Waals surface area contributed by atoms with Gasteiger partial charge in [0.05, 0.1) is 11.1 Å². The maximum absolute atomic E-state index is 13.0. The number of aryl methyl sites for hydroxylation is 3. The van der Waals surface area contributed by atoms with Crippen molar-refractivity contribution >= 4 is 33.2 Å². The second-order valence-corrected chi connectivity index (χ2v) is 10.6. The lowest BCUT2D eigenvalue weighted by atomic mass is 9.89. The average Bonchev–Trinajstić information content (AvgIpc) is 2.78. The Kier molecular flexibility index (Phi) is 6.77. The molecule has 0 aliphatic heterocycles. The normalized spacial score (nSPS) is 14.3. The van der Waals surface area contributed by atoms with Crippen LogP contribution in [0, 0.1) is 6.92 Å². The fourth-order valence-corrected chi connectivity index (χ4v) is 5.73. The van der Waals surface area contributed by atoms with Crippen LogP contribution < -0.4 is 10.0 Å². The van der Waals surface area contributed by atoms with Crippen LogP contribution in [0.25, 0.3) is 0 Å². The van der Waals surface area contributed by atoms with Gasteiger partial charge in [0.2, 0.25) is 0 Å². The van der Waals surface area contributed by atoms with Gasteiger partial charge >= 0.3 is 0 Å². The Morgan fingerprint density at radius 3 is 2.48 bits per heavy atom. The van der Waals surface area contributed by atoms with Crippen molar-refractivity contribution in [1.82, 2.24) is 5.32 Å². The first-order valence-electron chi connectivity index (χ1n) is 11.0. The van der Waals surface area contributed by atoms with Crippen molar-refractivity contribution in [2.24, 2.45) is 0 Å². The number of fused-ring (bicyclic) bond motifs is 1. The van der Waals surface area contributed by atoms with Crippen molar-refractivity contribution in [3.63, 3.8) is 0 Å². The molecule has 0 radical (unpaired) electrons. The highest BCUT2D eigenvalue weighted by Gasteiger charge is 2.22. The summed E-state index contributed by atoms with van der Waals surface area (Å²) in [5, 5.41) is 3.03. The Balaban J connectivity index is 1.53. The number of anilines is 1. The van der Waals surface area contributed by atoms with Gasteiger partial charge < -0.3 is 5.32 Å². The number of sulfonamides is 1. The summed E-state index contributed by atoms with van der Waals surface area (Å²) in [5.74, 6) is -0.358. The van der Waals surface area contributed by atoms with E-state index in [9.17, 15) is 13.2 Å². The maximum Gasteiger partial charge on any atom is 0.263 e. The van der Waals surface area contributed by atoms with Crippen LogP contribution in [0.15, 0.2) is 65.6 Å². The molecule has 1 atom stereocenters. The summed E-state index contributed by atoms with van der Waals surface area (Å²) < 4.78 is 28.5. The van der Waals surface area contributed by atoms with Gasteiger partial charge in [-0.2, -0.15) is 0 Å². The Labute approximate surface area is 200 Å². The zero-order chi connectivity index (χ0) is 23.6. The van der Waals surface area contributed by atoms with E-state index < -0.39 is 10.0 Å². The third-order valence-corrected chi connectivity index (χ3v) is 7.84. The van der Waals surface area contributed by atoms with E-state index in [1.807, 2.05) is 19.9 Å². The third-order valence-electron chi connectivity index (χ3n) is 5.97. The maximum atomic E-state index is 13.0. The van der Waals surface area contributed by atoms with Crippen molar-refractivity contribution in [1.29, 1.82) is 0 Å². The van der Waals surface area contributed by atoms with Crippen LogP contribution in [0.5, 0.6) is 0 Å². The van der Waals surface area contributed by atoms with Gasteiger partial charge in [-0.3, -0.25) is 9.52 Å². The first kappa shape index (κ1) is 23.3. The fraction of sp³-hybridized carbons (Fsp3) is 0.269. The summed E-state index contributed by atoms with van der Waals surface area (Å²) in [6, 6.07) is 17.5. The molecule has 1 amide bonds. The molecule has 7 heteroatoms. The number of hydrogen-bond donors (Lipinski definition) is 2. The lowest BCUT2D eigenvalue weighted by Crippen LogP contribution is -2.27. The Morgan fingerprint density at radius 1 is 0.970 bits per heavy atom. The number of benzene rings is 3. The van der Waals surface area contributed by atoms with Gasteiger partial charge in [0.25, 0.3) is 15.9 Å². The quantitative estimate of drug-likeness (QED) is 0.465. The molecule has 1 aliphatic rings. The summed E-state index contributed by atoms with van der Waals surface area (Å²) in [5.41, 5.74) is 5.35. The van der Waals surface area contributed by atoms with Crippen LogP contribution in [-0.4, -0.2) is 14.3 Å². The first-order chi connectivity index (χ1) is 15.7. The van der Waals surface area contributed by atoms with Crippen molar-refractivity contribution in [3.8, 4) is 0 Å². The zero-order valence-electron chi connectivity index (χ0n) is 18.7. The van der Waals surface area contributed by atoms with Crippen LogP contribution >= 0.6 is 11.6 Å². The zero-order valence-corrected chi connectivity index (χ0v) is 20.3. The van der Waals surface area contributed by atoms with Gasteiger partial charge in [-0.1, -0.05) is 41.9 Å². The molecule has 2 N–H and O–H groups in total. The number of carbonyl (C=O) groups excluding carboxylic acids is 1. The van der Waals surface area contributed by atoms with Gasteiger partial charge in [-0.15, -0.1) is 0 Å². The molecule has 0 saturated carbocycles. The van der Waals surface area contributed by atoms with Crippen LogP contribution in [0.2, 0.25) is 5.02 Å². The molecule has 4 rings (SSSR count). The Morgan fingerprint density at radius 2 is 1.73 bits per heavy atom. The molecule has 0 saturated heterocycles. The molecule has 0 bridgehead atoms. The highest BCUT2D eigenvalue weighted by atomic mass is 35.5. The fourth-order valence-electron chi connectivity index (χ4n) is 4.16. The van der Waals surface area contributed by atoms with Crippen molar-refractivity contribution in [2.75, 3.05) is 4.72 Å². The van der Waals surface area contributed by atoms with Gasteiger partial charge in [0.15, 0.2) is 0 Å². The Hall–Kier alpha value is -2.83. The molecule has 0 fully saturated rings. The molecule has 0 heterocycles. The van der Waals surface area contributed by atoms with E-state index in [1.165, 1.54) is 42.2 Å². The molecule has 5 nitrogen and oxygen atoms in total. The van der Waals surface area contributed by atoms with E-state index >= 15 is 0 Å². The van der Waals surface area contributed by atoms with Crippen LogP contribution in [0.1, 0.15) is 58.4 Å². The molecule has 0 aromatic heterocycles. The monoisotopic (exact) mass is 482 g/mol. The first-order valence-corrected chi connectivity index (χ1v) is 12.9. The van der Waals surface area contributed by atoms with Crippen LogP contribution in [-0.2, 0) is 22.9 Å². The molecular weight excluding hydrogens is 456 g/mol. The molecule has 3 aromatic carbocycles. The highest BCUT2D eigenvalue weighted by molar-refractivity contribution is 7.92. The van der Waals surface area contributed by atoms with Gasteiger partial charge in [0, 0.05) is 11.3 Å². The molecule has 1 aliphatic carbocycles. The van der Waals surface area contributed by atoms with Crippen LogP contribution in [0.4, 0.5) is 5.69 Å². The molecular formula is C26H27ClN2O3S. The minimum atomic E-state index is -3.97. The predicted octanol–water partition coefficient (Wildman–Crippen LogP) is 5.82. The molecule has 3 aromatic rings. The largest absolute Gasteiger partial charge is 0.346 e. The third kappa shape index (κ3) is 5.40. The number of rotatable bonds is 6. The topological polar surface area (TPSA) is 75.3 Å². The number of amides is 1. The standard InChI is InChI=1S/C26H27ClN2O3S/c1-17-6-5-9-23(14-17)29-33(31,32)25-16-22(12-13-24(25)27)26(30)28-18(2)20-11-10-19-7-3-4-8-21(19)15-20/h5-6,9-16,18,29H,3-4,7-8H2,1-2H3,(H,28,30)/t18-/m0/s1. The van der Waals surface area contributed by atoms with E-state index in [0.29, 0.717) is 5.69 Å². The minimum Gasteiger partial charge on any atom is -0.346 e. The second kappa shape index (κ2) is 9.57. The average molecular weight is 483 g/mol. The van der Waals surface area contributed by atoms with Crippen molar-refractivity contribution < 1.29 is 13.2 Å². The molecule has 0 spiro atoms. The lowest BCUT2D eigenvalue weighted by molar-refractivity contribution is 0.0939. The number of carbonyl (C=O) groups is 1. The van der Waals surface area contributed by atoms with Crippen molar-refractivity contribution in [3.05, 3.63) is 93.5 Å². The smallest absolute Gasteiger partial charge is 0.263 e. The minimum absolute atomic E-state index is 0.0504. The van der Waals surface area contributed by atoms with E-state index in [4.69, 9.17) is 11.6 Å². The Bertz CT molecular complexity index is 1300. The van der Waals surface area contributed by atoms with Gasteiger partial charge in [-0.25, -0.2) is 8.42 Å². The van der Waals surface area contributed by atoms with Crippen molar-refractivity contribution in [2.45, 2.75) is 50.5 Å². The van der Waals surface area contributed by atoms with E-state index in [1.54, 1.807) is 18.2 Å². The summed E-state index contributed by atoms with van der Waals surface area (Å²) in [7, 11) is -3.97. The molecule has 172 valence electrons. The molecule has 0 unspecified atom stereocenters. The number of nitrogens with one attached hydrogen (secondary N) is 2. The lowest BCUT2D eigenvalue weighted by Gasteiger charge is -2.20. The SMILES string of the molecule is Cc1cccc(NS(=O)(=O)c2cc(C(=O)N[C@@H](C)c3ccc4c(c3)CCCC4)ccc2Cl)c1. The van der Waals surface area contributed by atoms with Gasteiger partial charge in [-0.05, 0) is 92.1 Å². The highest BCUT2D eigenvalue weighted by Crippen LogP contribution is 2.27. The summed E-state index contributed by atoms with van der Waals surface area (Å²) >= 11 is 6.20. The second-order valence-electron chi connectivity index (χ2n) is 8.55. The molecule has 33 heavy (non-hydrogen) atoms.